The molecule has 1 heterocycles. The van der Waals surface area contributed by atoms with E-state index in [0.717, 1.165) is 5.69 Å². The van der Waals surface area contributed by atoms with E-state index in [4.69, 9.17) is 22.1 Å². The Morgan fingerprint density at radius 3 is 2.32 bits per heavy atom. The van der Waals surface area contributed by atoms with E-state index in [2.05, 4.69) is 15.3 Å². The summed E-state index contributed by atoms with van der Waals surface area (Å²) in [5, 5.41) is 13.0. The third-order valence-corrected chi connectivity index (χ3v) is 3.20. The Kier molecular flexibility index (Phi) is 7.25. The molecule has 25 heavy (non-hydrogen) atoms. The summed E-state index contributed by atoms with van der Waals surface area (Å²) in [7, 11) is 0. The van der Waals surface area contributed by atoms with Crippen LogP contribution in [0.3, 0.4) is 0 Å². The van der Waals surface area contributed by atoms with Gasteiger partial charge in [0.2, 0.25) is 5.95 Å². The van der Waals surface area contributed by atoms with Gasteiger partial charge in [-0.25, -0.2) is 4.98 Å². The fourth-order valence-electron chi connectivity index (χ4n) is 1.86. The van der Waals surface area contributed by atoms with Crippen LogP contribution in [0.25, 0.3) is 0 Å². The van der Waals surface area contributed by atoms with Gasteiger partial charge in [0.05, 0.1) is 6.20 Å². The van der Waals surface area contributed by atoms with E-state index in [0.29, 0.717) is 22.3 Å². The minimum Gasteiger partial charge on any atom is -0.508 e. The number of nitrogens with zero attached hydrogens (tertiary/aromatic N) is 2. The van der Waals surface area contributed by atoms with Crippen LogP contribution in [-0.2, 0) is 0 Å². The highest BCUT2D eigenvalue weighted by Gasteiger charge is 2.09. The maximum absolute atomic E-state index is 9.33. The van der Waals surface area contributed by atoms with E-state index in [1.807, 2.05) is 0 Å². The van der Waals surface area contributed by atoms with Crippen LogP contribution in [0.15, 0.2) is 54.7 Å². The number of hydrogen-bond donors (Lipinski definition) is 4. The Bertz CT molecular complexity index is 814. The molecule has 0 radical (unpaired) electrons. The number of aromatic nitrogens is 2. The molecule has 0 amide bonds. The Morgan fingerprint density at radius 2 is 1.68 bits per heavy atom. The van der Waals surface area contributed by atoms with E-state index in [9.17, 15) is 5.11 Å². The van der Waals surface area contributed by atoms with Gasteiger partial charge in [-0.15, -0.1) is 12.4 Å². The van der Waals surface area contributed by atoms with Gasteiger partial charge in [-0.3, -0.25) is 0 Å². The highest BCUT2D eigenvalue weighted by Crippen LogP contribution is 2.30. The molecule has 0 aliphatic heterocycles. The van der Waals surface area contributed by atoms with Gasteiger partial charge in [-0.1, -0.05) is 11.6 Å². The molecule has 2 aromatic carbocycles. The standard InChI is InChI=1S/C16H13ClN4O2.ClH.H3N/c17-10-1-7-13(8-2-10)23-14-9-19-16(18)21-15(14)20-11-3-5-12(22)6-4-11;;/h1-9,22H,(H3,18,19,20,21);1H;1H3. The van der Waals surface area contributed by atoms with Crippen LogP contribution in [0, 0.1) is 0 Å². The Labute approximate surface area is 155 Å². The first-order chi connectivity index (χ1) is 11.1. The van der Waals surface area contributed by atoms with Gasteiger partial charge in [0.1, 0.15) is 11.5 Å². The van der Waals surface area contributed by atoms with Crippen molar-refractivity contribution in [2.24, 2.45) is 0 Å². The third kappa shape index (κ3) is 5.39. The summed E-state index contributed by atoms with van der Waals surface area (Å²) in [5.74, 6) is 1.72. The van der Waals surface area contributed by atoms with Crippen molar-refractivity contribution in [1.29, 1.82) is 0 Å². The van der Waals surface area contributed by atoms with Crippen molar-refractivity contribution >= 4 is 41.5 Å². The van der Waals surface area contributed by atoms with Gasteiger partial charge in [0, 0.05) is 10.7 Å². The van der Waals surface area contributed by atoms with Crippen molar-refractivity contribution in [1.82, 2.24) is 16.1 Å². The second-order valence-corrected chi connectivity index (χ2v) is 5.11. The van der Waals surface area contributed by atoms with Crippen LogP contribution >= 0.6 is 24.0 Å². The van der Waals surface area contributed by atoms with Gasteiger partial charge in [-0.05, 0) is 48.5 Å². The number of nitrogen functional groups attached to an aromatic ring is 1. The van der Waals surface area contributed by atoms with Gasteiger partial charge < -0.3 is 27.0 Å². The summed E-state index contributed by atoms with van der Waals surface area (Å²) in [4.78, 5) is 8.09. The van der Waals surface area contributed by atoms with Gasteiger partial charge in [-0.2, -0.15) is 4.98 Å². The molecule has 1 aromatic heterocycles. The quantitative estimate of drug-likeness (QED) is 0.488. The van der Waals surface area contributed by atoms with Gasteiger partial charge in [0.15, 0.2) is 11.6 Å². The maximum atomic E-state index is 9.33. The Balaban J connectivity index is 0.00000156. The fourth-order valence-corrected chi connectivity index (χ4v) is 1.99. The van der Waals surface area contributed by atoms with E-state index in [-0.39, 0.29) is 30.3 Å². The van der Waals surface area contributed by atoms with Gasteiger partial charge >= 0.3 is 0 Å². The zero-order valence-electron chi connectivity index (χ0n) is 13.0. The maximum Gasteiger partial charge on any atom is 0.222 e. The van der Waals surface area contributed by atoms with Crippen LogP contribution in [0.1, 0.15) is 0 Å². The van der Waals surface area contributed by atoms with Crippen LogP contribution in [-0.4, -0.2) is 15.1 Å². The number of anilines is 3. The number of hydrogen-bond acceptors (Lipinski definition) is 7. The second kappa shape index (κ2) is 8.93. The van der Waals surface area contributed by atoms with Crippen molar-refractivity contribution in [2.75, 3.05) is 11.1 Å². The van der Waals surface area contributed by atoms with Crippen molar-refractivity contribution in [3.05, 3.63) is 59.8 Å². The molecule has 3 rings (SSSR count). The summed E-state index contributed by atoms with van der Waals surface area (Å²) in [6.45, 7) is 0. The molecule has 0 fully saturated rings. The molecule has 3 aromatic rings. The molecule has 132 valence electrons. The first-order valence-corrected chi connectivity index (χ1v) is 7.10. The molecule has 0 aliphatic rings. The van der Waals surface area contributed by atoms with Crippen LogP contribution < -0.4 is 21.9 Å². The molecular weight excluding hydrogens is 365 g/mol. The van der Waals surface area contributed by atoms with Crippen molar-refractivity contribution in [3.8, 4) is 17.2 Å². The molecule has 0 atom stereocenters. The minimum atomic E-state index is 0. The van der Waals surface area contributed by atoms with Crippen molar-refractivity contribution in [2.45, 2.75) is 0 Å². The molecule has 0 unspecified atom stereocenters. The van der Waals surface area contributed by atoms with E-state index < -0.39 is 0 Å². The molecule has 0 aliphatic carbocycles. The third-order valence-electron chi connectivity index (χ3n) is 2.95. The molecule has 7 N–H and O–H groups in total. The molecule has 7 nitrogen and oxygen atoms in total. The molecular formula is C16H17Cl2N5O2. The Hall–Kier alpha value is -2.74. The first kappa shape index (κ1) is 20.3. The summed E-state index contributed by atoms with van der Waals surface area (Å²) in [6.07, 6.45) is 1.49. The molecule has 0 saturated heterocycles. The summed E-state index contributed by atoms with van der Waals surface area (Å²) in [5.41, 5.74) is 6.37. The number of halogens is 2. The van der Waals surface area contributed by atoms with E-state index >= 15 is 0 Å². The number of benzene rings is 2. The van der Waals surface area contributed by atoms with Crippen molar-refractivity contribution in [3.63, 3.8) is 0 Å². The predicted molar refractivity (Wildman–Crippen MR) is 102 cm³/mol. The highest BCUT2D eigenvalue weighted by molar-refractivity contribution is 6.30. The monoisotopic (exact) mass is 381 g/mol. The average molecular weight is 382 g/mol. The number of nitrogens with one attached hydrogen (secondary N) is 1. The number of phenolic OH excluding ortho intramolecular Hbond substituents is 1. The highest BCUT2D eigenvalue weighted by atomic mass is 35.5. The SMILES string of the molecule is Cl.N.Nc1ncc(Oc2ccc(Cl)cc2)c(Nc2ccc(O)cc2)n1. The number of phenols is 1. The molecule has 9 heteroatoms. The largest absolute Gasteiger partial charge is 0.508 e. The summed E-state index contributed by atoms with van der Waals surface area (Å²) in [6, 6.07) is 13.5. The Morgan fingerprint density at radius 1 is 1.04 bits per heavy atom. The van der Waals surface area contributed by atoms with Crippen molar-refractivity contribution < 1.29 is 9.84 Å². The second-order valence-electron chi connectivity index (χ2n) is 4.67. The normalized spacial score (nSPS) is 9.48. The van der Waals surface area contributed by atoms with Gasteiger partial charge in [0.25, 0.3) is 0 Å². The minimum absolute atomic E-state index is 0. The lowest BCUT2D eigenvalue weighted by Gasteiger charge is -2.12. The zero-order valence-corrected chi connectivity index (χ0v) is 14.6. The topological polar surface area (TPSA) is 128 Å². The van der Waals surface area contributed by atoms with Crippen LogP contribution in [0.5, 0.6) is 17.2 Å². The lowest BCUT2D eigenvalue weighted by atomic mass is 10.3. The molecule has 0 bridgehead atoms. The number of rotatable bonds is 4. The molecule has 0 saturated carbocycles. The zero-order chi connectivity index (χ0) is 16.2. The number of aromatic hydroxyl groups is 1. The lowest BCUT2D eigenvalue weighted by molar-refractivity contribution is 0.475. The fraction of sp³-hybridized carbons (Fsp3) is 0. The molecule has 0 spiro atoms. The summed E-state index contributed by atoms with van der Waals surface area (Å²) < 4.78 is 5.76. The first-order valence-electron chi connectivity index (χ1n) is 6.72. The van der Waals surface area contributed by atoms with E-state index in [1.165, 1.54) is 6.20 Å². The summed E-state index contributed by atoms with van der Waals surface area (Å²) >= 11 is 5.86. The lowest BCUT2D eigenvalue weighted by Crippen LogP contribution is -2.02. The smallest absolute Gasteiger partial charge is 0.222 e. The van der Waals surface area contributed by atoms with Crippen LogP contribution in [0.4, 0.5) is 17.5 Å². The van der Waals surface area contributed by atoms with Crippen LogP contribution in [0.2, 0.25) is 5.02 Å². The average Bonchev–Trinajstić information content (AvgIpc) is 2.54. The predicted octanol–water partition coefficient (Wildman–Crippen LogP) is 4.54. The number of nitrogens with two attached hydrogens (primary N) is 1. The number of ether oxygens (including phenoxy) is 1. The van der Waals surface area contributed by atoms with E-state index in [1.54, 1.807) is 48.5 Å².